The van der Waals surface area contributed by atoms with Crippen molar-refractivity contribution in [1.29, 1.82) is 0 Å². The Morgan fingerprint density at radius 2 is 1.87 bits per heavy atom. The molecule has 0 spiro atoms. The van der Waals surface area contributed by atoms with Gasteiger partial charge in [0.05, 0.1) is 0 Å². The highest BCUT2D eigenvalue weighted by Gasteiger charge is 2.02. The van der Waals surface area contributed by atoms with Crippen molar-refractivity contribution in [2.45, 2.75) is 0 Å². The van der Waals surface area contributed by atoms with Crippen molar-refractivity contribution in [1.82, 2.24) is 0 Å². The summed E-state index contributed by atoms with van der Waals surface area (Å²) in [5.74, 6) is 0.922. The van der Waals surface area contributed by atoms with Gasteiger partial charge in [-0.1, -0.05) is 36.9 Å². The molecule has 0 aromatic heterocycles. The number of benzene rings is 2. The Labute approximate surface area is 103 Å². The summed E-state index contributed by atoms with van der Waals surface area (Å²) in [7, 11) is 0. The quantitative estimate of drug-likeness (QED) is 0.615. The molecule has 0 saturated heterocycles. The Morgan fingerprint density at radius 3 is 2.67 bits per heavy atom. The summed E-state index contributed by atoms with van der Waals surface area (Å²) in [6.07, 6.45) is 1.76. The highest BCUT2D eigenvalue weighted by Crippen LogP contribution is 2.28. The van der Waals surface area contributed by atoms with E-state index in [1.165, 1.54) is 8.96 Å². The summed E-state index contributed by atoms with van der Waals surface area (Å²) >= 11 is 2.34. The lowest BCUT2D eigenvalue weighted by Gasteiger charge is -2.08. The number of halogens is 1. The molecule has 0 heterocycles. The van der Waals surface area contributed by atoms with Gasteiger partial charge in [-0.25, -0.2) is 0 Å². The molecule has 2 heteroatoms. The van der Waals surface area contributed by atoms with Crippen molar-refractivity contribution >= 4 is 33.4 Å². The van der Waals surface area contributed by atoms with E-state index in [9.17, 15) is 0 Å². The molecule has 1 nitrogen and oxygen atoms in total. The summed E-state index contributed by atoms with van der Waals surface area (Å²) in [4.78, 5) is 0. The van der Waals surface area contributed by atoms with Crippen LogP contribution in [0, 0.1) is 3.57 Å². The average molecular weight is 310 g/mol. The van der Waals surface area contributed by atoms with Gasteiger partial charge in [0.1, 0.15) is 12.4 Å². The van der Waals surface area contributed by atoms with Crippen LogP contribution >= 0.6 is 22.6 Å². The number of rotatable bonds is 3. The van der Waals surface area contributed by atoms with Crippen LogP contribution in [-0.4, -0.2) is 6.61 Å². The SMILES string of the molecule is C=CCOc1cccc2c(I)cccc12. The van der Waals surface area contributed by atoms with Gasteiger partial charge in [0, 0.05) is 8.96 Å². The molecule has 76 valence electrons. The molecular weight excluding hydrogens is 299 g/mol. The largest absolute Gasteiger partial charge is 0.489 e. The fourth-order valence-electron chi connectivity index (χ4n) is 1.52. The lowest BCUT2D eigenvalue weighted by Crippen LogP contribution is -1.93. The van der Waals surface area contributed by atoms with Crippen molar-refractivity contribution in [3.05, 3.63) is 52.6 Å². The normalized spacial score (nSPS) is 10.2. The van der Waals surface area contributed by atoms with Gasteiger partial charge in [0.25, 0.3) is 0 Å². The summed E-state index contributed by atoms with van der Waals surface area (Å²) in [6, 6.07) is 12.3. The highest BCUT2D eigenvalue weighted by atomic mass is 127. The van der Waals surface area contributed by atoms with E-state index < -0.39 is 0 Å². The number of ether oxygens (including phenoxy) is 1. The summed E-state index contributed by atoms with van der Waals surface area (Å²) in [5, 5.41) is 2.39. The molecule has 2 aromatic carbocycles. The van der Waals surface area contributed by atoms with E-state index >= 15 is 0 Å². The first-order chi connectivity index (χ1) is 7.33. The fraction of sp³-hybridized carbons (Fsp3) is 0.0769. The van der Waals surface area contributed by atoms with Gasteiger partial charge in [-0.15, -0.1) is 0 Å². The van der Waals surface area contributed by atoms with Gasteiger partial charge in [0.15, 0.2) is 0 Å². The standard InChI is InChI=1S/C13H11IO/c1-2-9-15-13-8-4-5-10-11(13)6-3-7-12(10)14/h2-8H,1,9H2. The summed E-state index contributed by atoms with van der Waals surface area (Å²) in [5.41, 5.74) is 0. The fourth-order valence-corrected chi connectivity index (χ4v) is 2.20. The lowest BCUT2D eigenvalue weighted by molar-refractivity contribution is 0.367. The Morgan fingerprint density at radius 1 is 1.13 bits per heavy atom. The molecule has 2 rings (SSSR count). The third-order valence-electron chi connectivity index (χ3n) is 2.19. The maximum absolute atomic E-state index is 5.60. The predicted octanol–water partition coefficient (Wildman–Crippen LogP) is 4.01. The second-order valence-electron chi connectivity index (χ2n) is 3.19. The molecule has 2 aromatic rings. The van der Waals surface area contributed by atoms with Crippen molar-refractivity contribution in [2.75, 3.05) is 6.61 Å². The van der Waals surface area contributed by atoms with Gasteiger partial charge in [-0.05, 0) is 40.1 Å². The summed E-state index contributed by atoms with van der Waals surface area (Å²) < 4.78 is 6.85. The first-order valence-electron chi connectivity index (χ1n) is 4.74. The lowest BCUT2D eigenvalue weighted by atomic mass is 10.1. The van der Waals surface area contributed by atoms with Crippen molar-refractivity contribution in [2.24, 2.45) is 0 Å². The van der Waals surface area contributed by atoms with Crippen LogP contribution in [0.4, 0.5) is 0 Å². The molecule has 0 aliphatic rings. The Kier molecular flexibility index (Phi) is 3.26. The van der Waals surface area contributed by atoms with Crippen LogP contribution in [0.3, 0.4) is 0 Å². The molecule has 0 unspecified atom stereocenters. The second kappa shape index (κ2) is 4.66. The van der Waals surface area contributed by atoms with Crippen LogP contribution in [0.1, 0.15) is 0 Å². The monoisotopic (exact) mass is 310 g/mol. The highest BCUT2D eigenvalue weighted by molar-refractivity contribution is 14.1. The molecule has 15 heavy (non-hydrogen) atoms. The van der Waals surface area contributed by atoms with E-state index in [4.69, 9.17) is 4.74 Å². The third kappa shape index (κ3) is 2.15. The van der Waals surface area contributed by atoms with E-state index in [1.54, 1.807) is 6.08 Å². The van der Waals surface area contributed by atoms with Gasteiger partial charge < -0.3 is 4.74 Å². The van der Waals surface area contributed by atoms with Gasteiger partial charge >= 0.3 is 0 Å². The topological polar surface area (TPSA) is 9.23 Å². The molecule has 0 bridgehead atoms. The number of fused-ring (bicyclic) bond motifs is 1. The van der Waals surface area contributed by atoms with Gasteiger partial charge in [0.2, 0.25) is 0 Å². The van der Waals surface area contributed by atoms with Gasteiger partial charge in [-0.3, -0.25) is 0 Å². The van der Waals surface area contributed by atoms with E-state index in [0.717, 1.165) is 11.1 Å². The maximum Gasteiger partial charge on any atom is 0.127 e. The molecule has 0 aliphatic carbocycles. The van der Waals surface area contributed by atoms with Crippen LogP contribution < -0.4 is 4.74 Å². The van der Waals surface area contributed by atoms with Crippen molar-refractivity contribution in [3.8, 4) is 5.75 Å². The third-order valence-corrected chi connectivity index (χ3v) is 3.13. The molecule has 0 saturated carbocycles. The van der Waals surface area contributed by atoms with Crippen LogP contribution in [0.5, 0.6) is 5.75 Å². The Bertz CT molecular complexity index is 491. The second-order valence-corrected chi connectivity index (χ2v) is 4.35. The zero-order chi connectivity index (χ0) is 10.7. The predicted molar refractivity (Wildman–Crippen MR) is 72.4 cm³/mol. The Hall–Kier alpha value is -1.03. The minimum atomic E-state index is 0.546. The average Bonchev–Trinajstić information content (AvgIpc) is 2.27. The first kappa shape index (κ1) is 10.5. The molecular formula is C13H11IO. The molecule has 0 N–H and O–H groups in total. The van der Waals surface area contributed by atoms with E-state index in [0.29, 0.717) is 6.61 Å². The number of hydrogen-bond acceptors (Lipinski definition) is 1. The van der Waals surface area contributed by atoms with Crippen LogP contribution in [0.2, 0.25) is 0 Å². The zero-order valence-electron chi connectivity index (χ0n) is 8.24. The van der Waals surface area contributed by atoms with E-state index in [-0.39, 0.29) is 0 Å². The Balaban J connectivity index is 2.55. The van der Waals surface area contributed by atoms with Crippen LogP contribution in [0.15, 0.2) is 49.1 Å². The molecule has 0 fully saturated rings. The summed E-state index contributed by atoms with van der Waals surface area (Å²) in [6.45, 7) is 4.19. The zero-order valence-corrected chi connectivity index (χ0v) is 10.4. The molecule has 0 aliphatic heterocycles. The van der Waals surface area contributed by atoms with Crippen LogP contribution in [-0.2, 0) is 0 Å². The van der Waals surface area contributed by atoms with Crippen molar-refractivity contribution < 1.29 is 4.74 Å². The first-order valence-corrected chi connectivity index (χ1v) is 5.82. The number of hydrogen-bond donors (Lipinski definition) is 0. The molecule has 0 radical (unpaired) electrons. The van der Waals surface area contributed by atoms with Gasteiger partial charge in [-0.2, -0.15) is 0 Å². The molecule has 0 amide bonds. The van der Waals surface area contributed by atoms with Crippen molar-refractivity contribution in [3.63, 3.8) is 0 Å². The van der Waals surface area contributed by atoms with E-state index in [1.807, 2.05) is 18.2 Å². The molecule has 0 atom stereocenters. The van der Waals surface area contributed by atoms with Crippen LogP contribution in [0.25, 0.3) is 10.8 Å². The smallest absolute Gasteiger partial charge is 0.127 e. The minimum absolute atomic E-state index is 0.546. The minimum Gasteiger partial charge on any atom is -0.489 e. The maximum atomic E-state index is 5.60. The van der Waals surface area contributed by atoms with E-state index in [2.05, 4.69) is 47.4 Å².